The summed E-state index contributed by atoms with van der Waals surface area (Å²) >= 11 is 0. The number of alkyl halides is 6. The summed E-state index contributed by atoms with van der Waals surface area (Å²) in [5, 5.41) is 0. The Morgan fingerprint density at radius 2 is 1.55 bits per heavy atom. The number of halogens is 6. The fourth-order valence-corrected chi connectivity index (χ4v) is 0.417. The van der Waals surface area contributed by atoms with Gasteiger partial charge < -0.3 is 0 Å². The molecule has 0 amide bonds. The topological polar surface area (TPSA) is 0 Å². The van der Waals surface area contributed by atoms with E-state index in [1.165, 1.54) is 0 Å². The zero-order valence-corrected chi connectivity index (χ0v) is 5.34. The van der Waals surface area contributed by atoms with Gasteiger partial charge in [-0.05, 0) is 0 Å². The van der Waals surface area contributed by atoms with E-state index in [0.717, 1.165) is 0 Å². The maximum Gasteiger partial charge on any atom is 0.309 e. The first kappa shape index (κ1) is 10.6. The molecule has 0 saturated carbocycles. The zero-order valence-electron chi connectivity index (χ0n) is 5.34. The molecule has 0 heterocycles. The van der Waals surface area contributed by atoms with Crippen molar-refractivity contribution in [2.75, 3.05) is 13.3 Å². The Kier molecular flexibility index (Phi) is 3.68. The van der Waals surface area contributed by atoms with E-state index in [1.807, 2.05) is 0 Å². The number of hydrogen-bond donors (Lipinski definition) is 0. The van der Waals surface area contributed by atoms with Crippen LogP contribution in [0.25, 0.3) is 0 Å². The molecule has 0 aromatic heterocycles. The Bertz CT molecular complexity index is 114. The molecule has 0 aromatic carbocycles. The second kappa shape index (κ2) is 3.82. The molecule has 6 heteroatoms. The summed E-state index contributed by atoms with van der Waals surface area (Å²) in [5.74, 6) is -4.43. The molecular formula is C5H6F6. The lowest BCUT2D eigenvalue weighted by Gasteiger charge is -2.18. The fraction of sp³-hybridized carbons (Fsp3) is 1.00. The molecule has 0 N–H and O–H groups in total. The lowest BCUT2D eigenvalue weighted by Crippen LogP contribution is -2.40. The van der Waals surface area contributed by atoms with Crippen LogP contribution in [0, 0.1) is 0 Å². The SMILES string of the molecule is FCC(F)C(F)C(F)(F)CF. The molecule has 2 atom stereocenters. The van der Waals surface area contributed by atoms with Gasteiger partial charge >= 0.3 is 5.92 Å². The van der Waals surface area contributed by atoms with Crippen molar-refractivity contribution in [2.24, 2.45) is 0 Å². The second-order valence-electron chi connectivity index (χ2n) is 1.97. The molecule has 0 aromatic rings. The van der Waals surface area contributed by atoms with Gasteiger partial charge in [0.2, 0.25) is 0 Å². The van der Waals surface area contributed by atoms with Gasteiger partial charge in [0.1, 0.15) is 6.67 Å². The summed E-state index contributed by atoms with van der Waals surface area (Å²) in [6, 6.07) is 0. The Hall–Kier alpha value is -0.420. The highest BCUT2D eigenvalue weighted by molar-refractivity contribution is 4.82. The predicted octanol–water partition coefficient (Wildman–Crippen LogP) is 2.24. The van der Waals surface area contributed by atoms with Crippen LogP contribution in [0.2, 0.25) is 0 Å². The van der Waals surface area contributed by atoms with Crippen LogP contribution in [-0.4, -0.2) is 31.6 Å². The van der Waals surface area contributed by atoms with Gasteiger partial charge in [0, 0.05) is 0 Å². The van der Waals surface area contributed by atoms with E-state index in [-0.39, 0.29) is 0 Å². The maximum absolute atomic E-state index is 12.0. The normalized spacial score (nSPS) is 18.0. The third-order valence-electron chi connectivity index (χ3n) is 1.05. The molecule has 0 saturated heterocycles. The Morgan fingerprint density at radius 3 is 1.82 bits per heavy atom. The Labute approximate surface area is 59.2 Å². The van der Waals surface area contributed by atoms with Crippen molar-refractivity contribution in [1.29, 1.82) is 0 Å². The first-order valence-corrected chi connectivity index (χ1v) is 2.73. The monoisotopic (exact) mass is 180 g/mol. The molecule has 0 aliphatic rings. The van der Waals surface area contributed by atoms with Crippen LogP contribution in [0.1, 0.15) is 0 Å². The smallest absolute Gasteiger partial charge is 0.248 e. The molecule has 68 valence electrons. The van der Waals surface area contributed by atoms with Crippen molar-refractivity contribution >= 4 is 0 Å². The molecule has 0 bridgehead atoms. The molecule has 0 rings (SSSR count). The number of rotatable bonds is 4. The van der Waals surface area contributed by atoms with E-state index < -0.39 is 31.6 Å². The van der Waals surface area contributed by atoms with Crippen molar-refractivity contribution in [3.05, 3.63) is 0 Å². The highest BCUT2D eigenvalue weighted by Gasteiger charge is 2.45. The molecule has 0 aliphatic heterocycles. The Morgan fingerprint density at radius 1 is 1.09 bits per heavy atom. The van der Waals surface area contributed by atoms with Crippen molar-refractivity contribution < 1.29 is 26.3 Å². The quantitative estimate of drug-likeness (QED) is 0.582. The average Bonchev–Trinajstić information content (AvgIpc) is 2.01. The Balaban J connectivity index is 4.10. The van der Waals surface area contributed by atoms with Crippen LogP contribution >= 0.6 is 0 Å². The van der Waals surface area contributed by atoms with Crippen LogP contribution in [0.4, 0.5) is 26.3 Å². The third-order valence-corrected chi connectivity index (χ3v) is 1.05. The van der Waals surface area contributed by atoms with Crippen molar-refractivity contribution in [1.82, 2.24) is 0 Å². The first-order chi connectivity index (χ1) is 4.95. The molecular weight excluding hydrogens is 174 g/mol. The van der Waals surface area contributed by atoms with Crippen molar-refractivity contribution in [3.8, 4) is 0 Å². The first-order valence-electron chi connectivity index (χ1n) is 2.73. The largest absolute Gasteiger partial charge is 0.309 e. The second-order valence-corrected chi connectivity index (χ2v) is 1.97. The van der Waals surface area contributed by atoms with Crippen LogP contribution in [0.5, 0.6) is 0 Å². The van der Waals surface area contributed by atoms with Gasteiger partial charge in [0.25, 0.3) is 0 Å². The van der Waals surface area contributed by atoms with Gasteiger partial charge in [0.15, 0.2) is 19.0 Å². The highest BCUT2D eigenvalue weighted by Crippen LogP contribution is 2.26. The van der Waals surface area contributed by atoms with Gasteiger partial charge in [-0.2, -0.15) is 0 Å². The number of hydrogen-bond acceptors (Lipinski definition) is 0. The van der Waals surface area contributed by atoms with Crippen LogP contribution < -0.4 is 0 Å². The van der Waals surface area contributed by atoms with Gasteiger partial charge in [-0.1, -0.05) is 0 Å². The lowest BCUT2D eigenvalue weighted by atomic mass is 10.1. The van der Waals surface area contributed by atoms with E-state index in [1.54, 1.807) is 0 Å². The lowest BCUT2D eigenvalue weighted by molar-refractivity contribution is -0.114. The average molecular weight is 180 g/mol. The molecule has 0 nitrogen and oxygen atoms in total. The summed E-state index contributed by atoms with van der Waals surface area (Å²) in [4.78, 5) is 0. The van der Waals surface area contributed by atoms with Gasteiger partial charge in [0.05, 0.1) is 0 Å². The van der Waals surface area contributed by atoms with Crippen LogP contribution in [-0.2, 0) is 0 Å². The molecule has 0 radical (unpaired) electrons. The van der Waals surface area contributed by atoms with Gasteiger partial charge in [-0.25, -0.2) is 26.3 Å². The summed E-state index contributed by atoms with van der Waals surface area (Å²) in [6.07, 6.45) is -6.36. The summed E-state index contributed by atoms with van der Waals surface area (Å²) in [5.41, 5.74) is 0. The zero-order chi connectivity index (χ0) is 9.07. The van der Waals surface area contributed by atoms with Gasteiger partial charge in [-0.15, -0.1) is 0 Å². The summed E-state index contributed by atoms with van der Waals surface area (Å²) in [7, 11) is 0. The standard InChI is InChI=1S/C5H6F6/c6-1-3(8)4(9)5(10,11)2-7/h3-4H,1-2H2. The molecule has 0 aliphatic carbocycles. The molecule has 0 spiro atoms. The minimum atomic E-state index is -4.43. The fourth-order valence-electron chi connectivity index (χ4n) is 0.417. The van der Waals surface area contributed by atoms with E-state index in [4.69, 9.17) is 0 Å². The van der Waals surface area contributed by atoms with Crippen molar-refractivity contribution in [3.63, 3.8) is 0 Å². The minimum absolute atomic E-state index is 1.88. The maximum atomic E-state index is 12.0. The predicted molar refractivity (Wildman–Crippen MR) is 26.7 cm³/mol. The minimum Gasteiger partial charge on any atom is -0.248 e. The molecule has 0 fully saturated rings. The van der Waals surface area contributed by atoms with E-state index in [0.29, 0.717) is 0 Å². The van der Waals surface area contributed by atoms with E-state index >= 15 is 0 Å². The van der Waals surface area contributed by atoms with E-state index in [2.05, 4.69) is 0 Å². The molecule has 11 heavy (non-hydrogen) atoms. The highest BCUT2D eigenvalue weighted by atomic mass is 19.3. The molecule has 2 unspecified atom stereocenters. The van der Waals surface area contributed by atoms with Crippen molar-refractivity contribution in [2.45, 2.75) is 18.3 Å². The van der Waals surface area contributed by atoms with Crippen LogP contribution in [0.15, 0.2) is 0 Å². The van der Waals surface area contributed by atoms with Gasteiger partial charge in [-0.3, -0.25) is 0 Å². The van der Waals surface area contributed by atoms with Crippen LogP contribution in [0.3, 0.4) is 0 Å². The summed E-state index contributed by atoms with van der Waals surface area (Å²) < 4.78 is 69.9. The summed E-state index contributed by atoms with van der Waals surface area (Å²) in [6.45, 7) is -4.20. The van der Waals surface area contributed by atoms with E-state index in [9.17, 15) is 26.3 Å². The third kappa shape index (κ3) is 2.59.